The molecule has 1 unspecified atom stereocenters. The topological polar surface area (TPSA) is 86.8 Å². The fourth-order valence-corrected chi connectivity index (χ4v) is 5.92. The second-order valence-corrected chi connectivity index (χ2v) is 13.0. The van der Waals surface area contributed by atoms with E-state index in [0.29, 0.717) is 16.3 Å². The number of carbonyl (C=O) groups is 2. The van der Waals surface area contributed by atoms with Crippen LogP contribution in [0.25, 0.3) is 0 Å². The molecule has 3 rings (SSSR count). The Balaban J connectivity index is 2.06. The van der Waals surface area contributed by atoms with Crippen LogP contribution in [-0.4, -0.2) is 43.3 Å². The molecular formula is C30H36ClN3O4S. The molecule has 0 spiro atoms. The van der Waals surface area contributed by atoms with Gasteiger partial charge in [0.25, 0.3) is 10.0 Å². The number of hydrogen-bond donors (Lipinski definition) is 1. The van der Waals surface area contributed by atoms with E-state index in [1.165, 1.54) is 17.0 Å². The molecule has 0 aliphatic rings. The van der Waals surface area contributed by atoms with Crippen molar-refractivity contribution in [3.05, 3.63) is 94.5 Å². The lowest BCUT2D eigenvalue weighted by Gasteiger charge is -2.34. The molecule has 0 aromatic heterocycles. The van der Waals surface area contributed by atoms with Crippen molar-refractivity contribution in [3.8, 4) is 0 Å². The third-order valence-electron chi connectivity index (χ3n) is 6.14. The lowest BCUT2D eigenvalue weighted by atomic mass is 10.1. The third kappa shape index (κ3) is 7.83. The number of halogens is 1. The van der Waals surface area contributed by atoms with Crippen molar-refractivity contribution in [3.63, 3.8) is 0 Å². The number of anilines is 1. The van der Waals surface area contributed by atoms with Crippen LogP contribution in [0.15, 0.2) is 77.7 Å². The van der Waals surface area contributed by atoms with Crippen molar-refractivity contribution >= 4 is 39.1 Å². The summed E-state index contributed by atoms with van der Waals surface area (Å²) in [5.41, 5.74) is 2.28. The molecule has 9 heteroatoms. The molecule has 0 bridgehead atoms. The summed E-state index contributed by atoms with van der Waals surface area (Å²) in [6.07, 6.45) is 0. The predicted molar refractivity (Wildman–Crippen MR) is 156 cm³/mol. The first-order valence-electron chi connectivity index (χ1n) is 12.7. The normalized spacial score (nSPS) is 12.5. The van der Waals surface area contributed by atoms with Crippen molar-refractivity contribution in [2.75, 3.05) is 10.8 Å². The Morgan fingerprint density at radius 2 is 1.62 bits per heavy atom. The summed E-state index contributed by atoms with van der Waals surface area (Å²) >= 11 is 6.19. The number of aryl methyl sites for hydroxylation is 2. The molecule has 3 aromatic carbocycles. The zero-order chi connectivity index (χ0) is 29.0. The Bertz CT molecular complexity index is 1440. The van der Waals surface area contributed by atoms with Crippen molar-refractivity contribution in [2.24, 2.45) is 0 Å². The van der Waals surface area contributed by atoms with E-state index in [1.54, 1.807) is 49.4 Å². The average Bonchev–Trinajstić information content (AvgIpc) is 2.85. The lowest BCUT2D eigenvalue weighted by Crippen LogP contribution is -2.54. The second kappa shape index (κ2) is 12.2. The molecule has 0 radical (unpaired) electrons. The van der Waals surface area contributed by atoms with E-state index in [1.807, 2.05) is 52.8 Å². The van der Waals surface area contributed by atoms with Gasteiger partial charge in [0.2, 0.25) is 11.8 Å². The van der Waals surface area contributed by atoms with E-state index in [9.17, 15) is 18.0 Å². The van der Waals surface area contributed by atoms with Gasteiger partial charge in [-0.15, -0.1) is 0 Å². The van der Waals surface area contributed by atoms with Crippen LogP contribution in [0.1, 0.15) is 44.4 Å². The number of hydrogen-bond acceptors (Lipinski definition) is 4. The van der Waals surface area contributed by atoms with Gasteiger partial charge in [0.05, 0.1) is 10.6 Å². The van der Waals surface area contributed by atoms with Crippen LogP contribution in [0.4, 0.5) is 5.69 Å². The van der Waals surface area contributed by atoms with Gasteiger partial charge in [0, 0.05) is 17.1 Å². The standard InChI is InChI=1S/C30H36ClN3O4S/c1-21-15-16-27(22(2)17-21)34(39(37,38)26-13-8-7-9-14-26)20-28(35)33(19-24-11-10-12-25(31)18-24)23(3)29(36)32-30(4,5)6/h7-18,23H,19-20H2,1-6H3,(H,32,36). The van der Waals surface area contributed by atoms with Crippen molar-refractivity contribution in [2.45, 2.75) is 64.6 Å². The summed E-state index contributed by atoms with van der Waals surface area (Å²) in [4.78, 5) is 28.6. The quantitative estimate of drug-likeness (QED) is 0.369. The number of nitrogens with one attached hydrogen (secondary N) is 1. The molecule has 0 saturated heterocycles. The van der Waals surface area contributed by atoms with Gasteiger partial charge < -0.3 is 10.2 Å². The van der Waals surface area contributed by atoms with E-state index in [-0.39, 0.29) is 17.3 Å². The van der Waals surface area contributed by atoms with Gasteiger partial charge in [-0.1, -0.05) is 59.6 Å². The van der Waals surface area contributed by atoms with E-state index < -0.39 is 34.1 Å². The molecule has 0 aliphatic heterocycles. The summed E-state index contributed by atoms with van der Waals surface area (Å²) in [7, 11) is -4.11. The smallest absolute Gasteiger partial charge is 0.264 e. The molecule has 1 atom stereocenters. The highest BCUT2D eigenvalue weighted by Gasteiger charge is 2.33. The van der Waals surface area contributed by atoms with Crippen molar-refractivity contribution in [1.82, 2.24) is 10.2 Å². The first kappa shape index (κ1) is 30.2. The molecule has 0 fully saturated rings. The number of carbonyl (C=O) groups excluding carboxylic acids is 2. The molecule has 2 amide bonds. The highest BCUT2D eigenvalue weighted by molar-refractivity contribution is 7.92. The Kier molecular flexibility index (Phi) is 9.46. The highest BCUT2D eigenvalue weighted by Crippen LogP contribution is 2.28. The molecule has 208 valence electrons. The molecule has 7 nitrogen and oxygen atoms in total. The average molecular weight is 570 g/mol. The van der Waals surface area contributed by atoms with Crippen LogP contribution < -0.4 is 9.62 Å². The monoisotopic (exact) mass is 569 g/mol. The van der Waals surface area contributed by atoms with Crippen LogP contribution in [0.3, 0.4) is 0 Å². The van der Waals surface area contributed by atoms with Gasteiger partial charge in [-0.25, -0.2) is 8.42 Å². The van der Waals surface area contributed by atoms with E-state index in [2.05, 4.69) is 5.32 Å². The highest BCUT2D eigenvalue weighted by atomic mass is 35.5. The molecular weight excluding hydrogens is 534 g/mol. The minimum Gasteiger partial charge on any atom is -0.350 e. The number of amides is 2. The fourth-order valence-electron chi connectivity index (χ4n) is 4.21. The maximum Gasteiger partial charge on any atom is 0.264 e. The van der Waals surface area contributed by atoms with Crippen molar-refractivity contribution in [1.29, 1.82) is 0 Å². The second-order valence-electron chi connectivity index (χ2n) is 10.7. The predicted octanol–water partition coefficient (Wildman–Crippen LogP) is 5.48. The van der Waals surface area contributed by atoms with Crippen LogP contribution in [0.5, 0.6) is 0 Å². The summed E-state index contributed by atoms with van der Waals surface area (Å²) in [6.45, 7) is 10.5. The van der Waals surface area contributed by atoms with E-state index in [0.717, 1.165) is 15.4 Å². The summed E-state index contributed by atoms with van der Waals surface area (Å²) < 4.78 is 28.9. The molecule has 39 heavy (non-hydrogen) atoms. The van der Waals surface area contributed by atoms with Crippen LogP contribution in [0, 0.1) is 13.8 Å². The van der Waals surface area contributed by atoms with Crippen molar-refractivity contribution < 1.29 is 18.0 Å². The van der Waals surface area contributed by atoms with Gasteiger partial charge in [-0.2, -0.15) is 0 Å². The maximum atomic E-state index is 14.0. The lowest BCUT2D eigenvalue weighted by molar-refractivity contribution is -0.140. The van der Waals surface area contributed by atoms with Crippen LogP contribution >= 0.6 is 11.6 Å². The number of sulfonamides is 1. The Morgan fingerprint density at radius 1 is 0.949 bits per heavy atom. The van der Waals surface area contributed by atoms with E-state index in [4.69, 9.17) is 11.6 Å². The molecule has 0 aliphatic carbocycles. The third-order valence-corrected chi connectivity index (χ3v) is 8.15. The summed E-state index contributed by atoms with van der Waals surface area (Å²) in [6, 6.07) is 19.5. The molecule has 0 heterocycles. The zero-order valence-corrected chi connectivity index (χ0v) is 24.8. The number of benzene rings is 3. The Hall–Kier alpha value is -3.36. The minimum atomic E-state index is -4.11. The number of nitrogens with zero attached hydrogens (tertiary/aromatic N) is 2. The molecule has 3 aromatic rings. The minimum absolute atomic E-state index is 0.0673. The van der Waals surface area contributed by atoms with E-state index >= 15 is 0 Å². The van der Waals surface area contributed by atoms with Gasteiger partial charge in [-0.3, -0.25) is 13.9 Å². The summed E-state index contributed by atoms with van der Waals surface area (Å²) in [5.74, 6) is -0.868. The zero-order valence-electron chi connectivity index (χ0n) is 23.2. The van der Waals surface area contributed by atoms with Gasteiger partial charge in [0.1, 0.15) is 12.6 Å². The van der Waals surface area contributed by atoms with Crippen LogP contribution in [0.2, 0.25) is 5.02 Å². The Labute approximate surface area is 236 Å². The number of rotatable bonds is 9. The molecule has 0 saturated carbocycles. The molecule has 1 N–H and O–H groups in total. The van der Waals surface area contributed by atoms with Gasteiger partial charge in [0.15, 0.2) is 0 Å². The first-order chi connectivity index (χ1) is 18.2. The SMILES string of the molecule is Cc1ccc(N(CC(=O)N(Cc2cccc(Cl)c2)C(C)C(=O)NC(C)(C)C)S(=O)(=O)c2ccccc2)c(C)c1. The largest absolute Gasteiger partial charge is 0.350 e. The Morgan fingerprint density at radius 3 is 2.21 bits per heavy atom. The van der Waals surface area contributed by atoms with Crippen LogP contribution in [-0.2, 0) is 26.2 Å². The maximum absolute atomic E-state index is 14.0. The van der Waals surface area contributed by atoms with Gasteiger partial charge in [-0.05, 0) is 83.0 Å². The fraction of sp³-hybridized carbons (Fsp3) is 0.333. The first-order valence-corrected chi connectivity index (χ1v) is 14.5. The summed E-state index contributed by atoms with van der Waals surface area (Å²) in [5, 5.41) is 3.41. The van der Waals surface area contributed by atoms with Gasteiger partial charge >= 0.3 is 0 Å².